The number of carbonyl (C=O) groups excluding carboxylic acids is 6. The number of hydrogen-bond donors (Lipinski definition) is 6. The highest BCUT2D eigenvalue weighted by molar-refractivity contribution is 7.91. The number of hydrogen-bond acceptors (Lipinski definition) is 11. The quantitative estimate of drug-likeness (QED) is 0.183. The van der Waals surface area contributed by atoms with Crippen LogP contribution < -0.4 is 30.7 Å². The second-order valence-electron chi connectivity index (χ2n) is 18.1. The smallest absolute Gasteiger partial charge is 0.318 e. The Balaban J connectivity index is 0.988. The van der Waals surface area contributed by atoms with Gasteiger partial charge >= 0.3 is 12.1 Å². The lowest BCUT2D eigenvalue weighted by Crippen LogP contribution is -2.57. The molecule has 6 fully saturated rings. The summed E-state index contributed by atoms with van der Waals surface area (Å²) in [5.74, 6) is -3.77. The van der Waals surface area contributed by atoms with Crippen molar-refractivity contribution in [3.63, 3.8) is 0 Å². The summed E-state index contributed by atoms with van der Waals surface area (Å²) >= 11 is 0. The van der Waals surface area contributed by atoms with Crippen LogP contribution in [0.5, 0.6) is 0 Å². The van der Waals surface area contributed by atoms with Gasteiger partial charge in [0.05, 0.1) is 22.7 Å². The third-order valence-corrected chi connectivity index (χ3v) is 17.0. The van der Waals surface area contributed by atoms with Crippen LogP contribution in [0.4, 0.5) is 9.59 Å². The van der Waals surface area contributed by atoms with Gasteiger partial charge in [-0.2, -0.15) is 0 Å². The molecule has 336 valence electrons. The van der Waals surface area contributed by atoms with Crippen molar-refractivity contribution >= 4 is 55.7 Å². The first-order valence-corrected chi connectivity index (χ1v) is 25.0. The average Bonchev–Trinajstić information content (AvgIpc) is 4.03. The predicted molar refractivity (Wildman–Crippen MR) is 219 cm³/mol. The lowest BCUT2D eigenvalue weighted by atomic mass is 10.1. The van der Waals surface area contributed by atoms with E-state index in [2.05, 4.69) is 30.7 Å². The van der Waals surface area contributed by atoms with E-state index in [1.54, 1.807) is 0 Å². The molecule has 0 aromatic carbocycles. The minimum Gasteiger partial charge on any atom is -0.371 e. The molecule has 8 atom stereocenters. The van der Waals surface area contributed by atoms with E-state index in [0.29, 0.717) is 51.6 Å². The normalized spacial score (nSPS) is 36.2. The number of fused-ring (bicyclic) bond motifs is 4. The zero-order valence-electron chi connectivity index (χ0n) is 34.3. The summed E-state index contributed by atoms with van der Waals surface area (Å²) < 4.78 is 62.1. The van der Waals surface area contributed by atoms with E-state index in [-0.39, 0.29) is 38.8 Å². The van der Waals surface area contributed by atoms with E-state index in [1.807, 2.05) is 24.3 Å². The molecule has 21 heteroatoms. The Bertz CT molecular complexity index is 1930. The van der Waals surface area contributed by atoms with Crippen molar-refractivity contribution in [3.8, 4) is 0 Å². The van der Waals surface area contributed by atoms with Gasteiger partial charge in [-0.15, -0.1) is 0 Å². The van der Waals surface area contributed by atoms with Crippen molar-refractivity contribution in [2.75, 3.05) is 26.2 Å². The van der Waals surface area contributed by atoms with Crippen molar-refractivity contribution in [1.82, 2.24) is 40.5 Å². The number of nitrogens with zero attached hydrogens (tertiary/aromatic N) is 2. The van der Waals surface area contributed by atoms with Gasteiger partial charge in [0.25, 0.3) is 11.8 Å². The van der Waals surface area contributed by atoms with Crippen LogP contribution in [0.2, 0.25) is 0 Å². The zero-order chi connectivity index (χ0) is 43.2. The molecular weight excluding hydrogens is 833 g/mol. The third kappa shape index (κ3) is 9.57. The molecule has 8 aliphatic rings. The number of rotatable bonds is 8. The molecule has 4 aliphatic heterocycles. The standard InChI is InChI=1S/C40H58N8O11S2/c49-33-31-19-27(23-47(31)37(53)41-17-9-5-1-3-7-11-25-21-39(25,43-33)35(51)45-60(55,56)29-13-14-29)59-28-20-32-34(50)44-40(36(52)46-61(57,58)30-15-16-30)22-26(40)12-8-4-2-6-10-18-42-38(54)48(32)24-28/h7-8,11-12,25-32H,1-6,9-10,13-24H2,(H,41,53)(H,42,54)(H,43,49)(H,44,50)(H,45,51)(H,46,52)/b11-7-,12-8-. The number of sulfonamides is 2. The van der Waals surface area contributed by atoms with Crippen molar-refractivity contribution in [2.45, 2.75) is 149 Å². The summed E-state index contributed by atoms with van der Waals surface area (Å²) in [6.07, 6.45) is 14.6. The molecule has 61 heavy (non-hydrogen) atoms. The van der Waals surface area contributed by atoms with Gasteiger partial charge < -0.3 is 35.8 Å². The second-order valence-corrected chi connectivity index (χ2v) is 22.0. The highest BCUT2D eigenvalue weighted by Gasteiger charge is 2.63. The molecule has 19 nitrogen and oxygen atoms in total. The Kier molecular flexibility index (Phi) is 12.2. The predicted octanol–water partition coefficient (Wildman–Crippen LogP) is 0.535. The van der Waals surface area contributed by atoms with Crippen molar-refractivity contribution in [3.05, 3.63) is 24.3 Å². The summed E-state index contributed by atoms with van der Waals surface area (Å²) in [7, 11) is -7.81. The third-order valence-electron chi connectivity index (χ3n) is 13.4. The first-order valence-electron chi connectivity index (χ1n) is 22.0. The minimum atomic E-state index is -3.91. The van der Waals surface area contributed by atoms with Crippen LogP contribution in [-0.4, -0.2) is 134 Å². The van der Waals surface area contributed by atoms with Crippen LogP contribution >= 0.6 is 0 Å². The molecule has 0 aromatic heterocycles. The Hall–Kier alpha value is -4.24. The maximum absolute atomic E-state index is 14.2. The molecule has 6 N–H and O–H groups in total. The van der Waals surface area contributed by atoms with Gasteiger partial charge in [0, 0.05) is 50.9 Å². The molecule has 0 spiro atoms. The molecule has 8 amide bonds. The van der Waals surface area contributed by atoms with Crippen LogP contribution in [-0.2, 0) is 44.0 Å². The number of amides is 8. The fraction of sp³-hybridized carbons (Fsp3) is 0.750. The lowest BCUT2D eigenvalue weighted by molar-refractivity contribution is -0.131. The van der Waals surface area contributed by atoms with Crippen LogP contribution in [0.1, 0.15) is 103 Å². The first kappa shape index (κ1) is 43.4. The second kappa shape index (κ2) is 17.1. The summed E-state index contributed by atoms with van der Waals surface area (Å²) in [5.41, 5.74) is -3.02. The van der Waals surface area contributed by atoms with E-state index in [1.165, 1.54) is 9.80 Å². The Morgan fingerprint density at radius 3 is 1.43 bits per heavy atom. The van der Waals surface area contributed by atoms with E-state index < -0.39 is 113 Å². The maximum Gasteiger partial charge on any atom is 0.318 e. The highest BCUT2D eigenvalue weighted by atomic mass is 32.2. The van der Waals surface area contributed by atoms with Gasteiger partial charge in [0.2, 0.25) is 31.9 Å². The highest BCUT2D eigenvalue weighted by Crippen LogP contribution is 2.47. The summed E-state index contributed by atoms with van der Waals surface area (Å²) in [6.45, 7) is 0.710. The topological polar surface area (TPSA) is 259 Å². The summed E-state index contributed by atoms with van der Waals surface area (Å²) in [6, 6.07) is -3.18. The fourth-order valence-electron chi connectivity index (χ4n) is 9.19. The Labute approximate surface area is 356 Å². The number of ether oxygens (including phenoxy) is 1. The molecule has 4 aliphatic carbocycles. The van der Waals surface area contributed by atoms with Gasteiger partial charge in [-0.1, -0.05) is 37.1 Å². The van der Waals surface area contributed by atoms with Crippen LogP contribution in [0, 0.1) is 11.8 Å². The maximum atomic E-state index is 14.2. The summed E-state index contributed by atoms with van der Waals surface area (Å²) in [5, 5.41) is 10.2. The number of carbonyl (C=O) groups is 6. The van der Waals surface area contributed by atoms with Crippen molar-refractivity contribution in [2.24, 2.45) is 11.8 Å². The van der Waals surface area contributed by atoms with Gasteiger partial charge in [0.15, 0.2) is 0 Å². The number of allylic oxidation sites excluding steroid dienone is 2. The number of urea groups is 2. The summed E-state index contributed by atoms with van der Waals surface area (Å²) in [4.78, 5) is 85.7. The van der Waals surface area contributed by atoms with Gasteiger partial charge in [-0.25, -0.2) is 26.4 Å². The zero-order valence-corrected chi connectivity index (χ0v) is 35.9. The lowest BCUT2D eigenvalue weighted by Gasteiger charge is -2.26. The molecule has 2 saturated heterocycles. The molecule has 4 heterocycles. The largest absolute Gasteiger partial charge is 0.371 e. The van der Waals surface area contributed by atoms with Crippen LogP contribution in [0.3, 0.4) is 0 Å². The monoisotopic (exact) mass is 890 g/mol. The Morgan fingerprint density at radius 2 is 1.03 bits per heavy atom. The molecule has 8 rings (SSSR count). The van der Waals surface area contributed by atoms with Crippen LogP contribution in [0.15, 0.2) is 24.3 Å². The van der Waals surface area contributed by atoms with E-state index in [9.17, 15) is 45.6 Å². The van der Waals surface area contributed by atoms with Crippen LogP contribution in [0.25, 0.3) is 0 Å². The van der Waals surface area contributed by atoms with E-state index >= 15 is 0 Å². The number of nitrogens with one attached hydrogen (secondary N) is 6. The van der Waals surface area contributed by atoms with E-state index in [4.69, 9.17) is 4.74 Å². The molecule has 4 saturated carbocycles. The average molecular weight is 891 g/mol. The molecule has 0 radical (unpaired) electrons. The SMILES string of the molecule is O=C1NC2(C(=O)NS(=O)(=O)C3CC3)CC2/C=C\CCCCCNC(=O)N2CC(OC3CC4C(=O)NC5(C(=O)NS(=O)(=O)C6CC6)CC5/C=C\CCCCCNC(=O)N4C3)CC12. The molecule has 0 aromatic rings. The molecular formula is C40H58N8O11S2. The molecule has 0 bridgehead atoms. The fourth-order valence-corrected chi connectivity index (χ4v) is 11.9. The van der Waals surface area contributed by atoms with Gasteiger partial charge in [-0.05, 0) is 77.0 Å². The molecule has 8 unspecified atom stereocenters. The van der Waals surface area contributed by atoms with Gasteiger partial charge in [0.1, 0.15) is 23.2 Å². The van der Waals surface area contributed by atoms with Gasteiger partial charge in [-0.3, -0.25) is 28.6 Å². The first-order chi connectivity index (χ1) is 29.1. The van der Waals surface area contributed by atoms with E-state index in [0.717, 1.165) is 38.5 Å². The minimum absolute atomic E-state index is 0.0180. The Morgan fingerprint density at radius 1 is 0.623 bits per heavy atom. The van der Waals surface area contributed by atoms with Crippen molar-refractivity contribution in [1.29, 1.82) is 0 Å². The van der Waals surface area contributed by atoms with Crippen molar-refractivity contribution < 1.29 is 50.3 Å².